The lowest BCUT2D eigenvalue weighted by molar-refractivity contribution is -0.138. The van der Waals surface area contributed by atoms with Crippen LogP contribution in [0, 0.1) is 23.7 Å². The lowest BCUT2D eigenvalue weighted by Gasteiger charge is -2.23. The summed E-state index contributed by atoms with van der Waals surface area (Å²) in [6.45, 7) is 16.6. The van der Waals surface area contributed by atoms with E-state index in [0.29, 0.717) is 64.6 Å². The fourth-order valence-electron chi connectivity index (χ4n) is 11.3. The summed E-state index contributed by atoms with van der Waals surface area (Å²) in [5.41, 5.74) is 20.9. The van der Waals surface area contributed by atoms with E-state index in [0.717, 1.165) is 76.6 Å². The Morgan fingerprint density at radius 3 is 1.20 bits per heavy atom. The van der Waals surface area contributed by atoms with Crippen LogP contribution in [0.2, 0.25) is 0 Å². The third-order valence-electron chi connectivity index (χ3n) is 16.7. The van der Waals surface area contributed by atoms with Crippen molar-refractivity contribution in [2.45, 2.75) is 126 Å². The normalized spacial score (nSPS) is 15.0. The largest absolute Gasteiger partial charge is 0.481 e. The molecule has 516 valence electrons. The molecule has 0 saturated heterocycles. The van der Waals surface area contributed by atoms with E-state index in [4.69, 9.17) is 35.7 Å². The third-order valence-corrected chi connectivity index (χ3v) is 16.7. The van der Waals surface area contributed by atoms with Crippen LogP contribution in [0.1, 0.15) is 214 Å². The first-order valence-corrected chi connectivity index (χ1v) is 29.9. The van der Waals surface area contributed by atoms with Gasteiger partial charge in [0.15, 0.2) is 17.3 Å². The number of hydrogen-bond acceptors (Lipinski definition) is 17. The highest BCUT2D eigenvalue weighted by atomic mass is 35.5. The fourth-order valence-corrected chi connectivity index (χ4v) is 11.3. The van der Waals surface area contributed by atoms with Gasteiger partial charge >= 0.3 is 41.8 Å². The maximum atomic E-state index is 12.0. The number of allylic oxidation sites excluding steroid dienone is 1. The number of nitrogens with two attached hydrogens (primary N) is 2. The first kappa shape index (κ1) is 82.6. The number of aliphatic carboxylic acids is 2. The number of benzene rings is 6. The van der Waals surface area contributed by atoms with Gasteiger partial charge < -0.3 is 52.6 Å². The summed E-state index contributed by atoms with van der Waals surface area (Å²) in [6, 6.07) is 33.8. The van der Waals surface area contributed by atoms with Gasteiger partial charge in [0, 0.05) is 53.8 Å². The van der Waals surface area contributed by atoms with Gasteiger partial charge in [0.2, 0.25) is 0 Å². The third kappa shape index (κ3) is 21.3. The summed E-state index contributed by atoms with van der Waals surface area (Å²) in [4.78, 5) is 111. The molecule has 0 fully saturated rings. The van der Waals surface area contributed by atoms with Crippen molar-refractivity contribution < 1.29 is 87.4 Å². The molecule has 0 aromatic heterocycles. The Bertz CT molecular complexity index is 3720. The van der Waals surface area contributed by atoms with Crippen molar-refractivity contribution in [3.8, 4) is 0 Å². The van der Waals surface area contributed by atoms with Crippen LogP contribution in [0.25, 0.3) is 5.57 Å². The number of Topliss-reactive ketones (excluding diaryl/α,β-unsaturated/α-hetero) is 3. The summed E-state index contributed by atoms with van der Waals surface area (Å²) in [5, 5.41) is 32.2. The zero-order valence-corrected chi connectivity index (χ0v) is 56.4. The number of fused-ring (bicyclic) bond motifs is 5. The Morgan fingerprint density at radius 1 is 0.469 bits per heavy atom. The monoisotopic (exact) mass is 1340 g/mol. The molecule has 6 aromatic rings. The van der Waals surface area contributed by atoms with Crippen LogP contribution in [0.4, 0.5) is 0 Å². The smallest absolute Gasteiger partial charge is 0.337 e. The first-order chi connectivity index (χ1) is 43.8. The van der Waals surface area contributed by atoms with E-state index in [1.807, 2.05) is 80.6 Å². The Morgan fingerprint density at radius 2 is 0.802 bits per heavy atom. The zero-order valence-electron chi connectivity index (χ0n) is 55.6. The maximum Gasteiger partial charge on any atom is 0.337 e. The molecule has 8 N–H and O–H groups in total. The maximum absolute atomic E-state index is 12.0. The van der Waals surface area contributed by atoms with Gasteiger partial charge in [-0.1, -0.05) is 110 Å². The molecule has 5 aliphatic carbocycles. The molecule has 0 radical (unpaired) electrons. The zero-order chi connectivity index (χ0) is 69.3. The topological polar surface area (TPSA) is 341 Å². The van der Waals surface area contributed by atoms with Crippen molar-refractivity contribution in [1.82, 2.24) is 0 Å². The van der Waals surface area contributed by atoms with Gasteiger partial charge in [-0.3, -0.25) is 24.0 Å². The fraction of sp³-hybridized carbons (Fsp3) is 0.347. The molecule has 21 heteroatoms. The quantitative estimate of drug-likeness (QED) is 0.0304. The van der Waals surface area contributed by atoms with Gasteiger partial charge in [-0.05, 0) is 172 Å². The van der Waals surface area contributed by atoms with Gasteiger partial charge in [0.05, 0.1) is 56.3 Å². The number of carbonyl (C=O) groups is 10. The average molecular weight is 1340 g/mol. The molecule has 0 aliphatic heterocycles. The summed E-state index contributed by atoms with van der Waals surface area (Å²) in [5.74, 6) is -0.225. The van der Waals surface area contributed by atoms with Crippen molar-refractivity contribution in [3.63, 3.8) is 0 Å². The van der Waals surface area contributed by atoms with Crippen molar-refractivity contribution in [2.75, 3.05) is 28.4 Å². The van der Waals surface area contributed by atoms with E-state index < -0.39 is 29.8 Å². The van der Waals surface area contributed by atoms with E-state index in [2.05, 4.69) is 49.6 Å². The molecule has 11 rings (SSSR count). The standard InChI is InChI=1S/C14H16O2.C13H17NO2.C13H14O3.C12H14O4.C11H10O3.C10H8O3.CH4.CH3.ClH.H3NO/c1-9-12-7-10(13(15)16-4)5-6-11(12)8-14(9,2)3;2*1-13(2)7-9-5-4-8(12(15)16-3)6-10(9)11(13)14;13-11(14)7-5-9-1-2-10(4-3-9)6-8-12(15)16;1-14-11(13)8-3-2-7-4-5-10(12)9(7)6-8;11-9-4-3-6-1-2-7(10(12)13)5-8(6)9;;;;1-2/h5-7H,1,8H2,2-4H3;4-6,11H,7,14H2,1-3H3;4-6H,7H2,1-3H3;1-4H,5-8H2,(H,13,14)(H,15,16);2-3,6H,4-5H2,1H3;1-2,5H,3-4H2,(H,12,13);1H4;1H3;1H;2H,1H2/q;;;;;;;-1;;. The molecule has 0 saturated carbocycles. The average Bonchev–Trinajstić information content (AvgIpc) is 1.64. The molecule has 0 bridgehead atoms. The van der Waals surface area contributed by atoms with Crippen molar-refractivity contribution >= 4 is 77.1 Å². The molecule has 0 spiro atoms. The first-order valence-electron chi connectivity index (χ1n) is 29.9. The van der Waals surface area contributed by atoms with Crippen LogP contribution in [0.15, 0.2) is 122 Å². The van der Waals surface area contributed by atoms with Crippen LogP contribution in [-0.4, -0.2) is 108 Å². The van der Waals surface area contributed by atoms with Crippen LogP contribution in [0.5, 0.6) is 0 Å². The Labute approximate surface area is 567 Å². The number of ketones is 3. The summed E-state index contributed by atoms with van der Waals surface area (Å²) >= 11 is 0. The number of carboxylic acids is 3. The van der Waals surface area contributed by atoms with E-state index in [-0.39, 0.29) is 97.2 Å². The molecule has 0 heterocycles. The second-order valence-corrected chi connectivity index (χ2v) is 24.7. The van der Waals surface area contributed by atoms with Crippen molar-refractivity contribution in [3.05, 3.63) is 224 Å². The highest BCUT2D eigenvalue weighted by molar-refractivity contribution is 6.06. The van der Waals surface area contributed by atoms with Crippen molar-refractivity contribution in [1.29, 1.82) is 0 Å². The molecule has 6 aromatic carbocycles. The molecule has 5 aliphatic rings. The lowest BCUT2D eigenvalue weighted by Crippen LogP contribution is -2.24. The molecular weight excluding hydrogens is 1250 g/mol. The number of carboxylic acid groups (broad SMARTS) is 3. The van der Waals surface area contributed by atoms with Crippen LogP contribution in [0.3, 0.4) is 0 Å². The number of aryl methyl sites for hydroxylation is 4. The Hall–Kier alpha value is -9.47. The predicted octanol–water partition coefficient (Wildman–Crippen LogP) is 13.0. The molecule has 1 atom stereocenters. The predicted molar refractivity (Wildman–Crippen MR) is 367 cm³/mol. The Balaban J connectivity index is 0.000000388. The van der Waals surface area contributed by atoms with Gasteiger partial charge in [-0.2, -0.15) is 0 Å². The second-order valence-electron chi connectivity index (χ2n) is 24.7. The SMILES string of the molecule is C.C=C1c2cc(C(=O)OC)ccc2CC1(C)C.COC(=O)c1ccc2c(c1)C(=O)C(C)(C)C2.COC(=O)c1ccc2c(c1)C(=O)CC2.COC(=O)c1ccc2c(c1)C(N)C(C)(C)C2.Cl.NO.O=C(O)CCc1ccc(CCC(=O)O)cc1.O=C(O)c1ccc2c(c1)C(=O)CC2.[CH3-]. The number of methoxy groups -OCH3 is 4. The number of ether oxygens (including phenoxy) is 4. The number of carbonyl (C=O) groups excluding carboxylic acids is 7. The van der Waals surface area contributed by atoms with Gasteiger partial charge in [0.25, 0.3) is 0 Å². The van der Waals surface area contributed by atoms with E-state index >= 15 is 0 Å². The minimum atomic E-state index is -0.984. The number of halogens is 1. The lowest BCUT2D eigenvalue weighted by atomic mass is 9.86. The van der Waals surface area contributed by atoms with E-state index in [9.17, 15) is 47.9 Å². The van der Waals surface area contributed by atoms with Crippen LogP contribution in [-0.2, 0) is 73.5 Å². The molecule has 20 nitrogen and oxygen atoms in total. The molecule has 0 amide bonds. The van der Waals surface area contributed by atoms with E-state index in [1.54, 1.807) is 42.5 Å². The highest BCUT2D eigenvalue weighted by Gasteiger charge is 2.39. The van der Waals surface area contributed by atoms with Crippen LogP contribution < -0.4 is 11.6 Å². The second kappa shape index (κ2) is 36.4. The number of hydrogen-bond donors (Lipinski definition) is 6. The summed E-state index contributed by atoms with van der Waals surface area (Å²) < 4.78 is 18.6. The Kier molecular flexibility index (Phi) is 31.3. The van der Waals surface area contributed by atoms with Gasteiger partial charge in [-0.25, -0.2) is 29.9 Å². The minimum absolute atomic E-state index is 0. The molecular formula is C75H90ClN2O18-. The number of aromatic carboxylic acids is 1. The highest BCUT2D eigenvalue weighted by Crippen LogP contribution is 2.46. The van der Waals surface area contributed by atoms with Gasteiger partial charge in [0.1, 0.15) is 0 Å². The molecule has 1 unspecified atom stereocenters. The van der Waals surface area contributed by atoms with Crippen molar-refractivity contribution in [2.24, 2.45) is 27.9 Å². The molecule has 96 heavy (non-hydrogen) atoms. The summed E-state index contributed by atoms with van der Waals surface area (Å²) in [6.07, 6.45) is 6.55. The minimum Gasteiger partial charge on any atom is -0.481 e. The number of esters is 4. The number of rotatable bonds is 11. The van der Waals surface area contributed by atoms with Crippen LogP contribution >= 0.6 is 12.4 Å². The summed E-state index contributed by atoms with van der Waals surface area (Å²) in [7, 11) is 5.45. The van der Waals surface area contributed by atoms with E-state index in [1.165, 1.54) is 45.6 Å². The van der Waals surface area contributed by atoms with Gasteiger partial charge in [-0.15, -0.1) is 12.4 Å².